The summed E-state index contributed by atoms with van der Waals surface area (Å²) in [5.74, 6) is 0.210. The van der Waals surface area contributed by atoms with Gasteiger partial charge in [0.25, 0.3) is 0 Å². The Labute approximate surface area is 157 Å². The van der Waals surface area contributed by atoms with Crippen LogP contribution in [-0.4, -0.2) is 39.1 Å². The zero-order chi connectivity index (χ0) is 19.9. The number of anilines is 1. The zero-order valence-corrected chi connectivity index (χ0v) is 16.1. The summed E-state index contributed by atoms with van der Waals surface area (Å²) in [4.78, 5) is 14.4. The molecule has 0 aliphatic rings. The van der Waals surface area contributed by atoms with Crippen LogP contribution in [0.1, 0.15) is 30.9 Å². The zero-order valence-electron chi connectivity index (χ0n) is 16.1. The summed E-state index contributed by atoms with van der Waals surface area (Å²) < 4.78 is 1.42. The van der Waals surface area contributed by atoms with Gasteiger partial charge in [0.1, 0.15) is 11.5 Å². The molecular weight excluding hydrogens is 344 g/mol. The Morgan fingerprint density at radius 2 is 1.81 bits per heavy atom. The van der Waals surface area contributed by atoms with E-state index in [9.17, 15) is 15.0 Å². The van der Waals surface area contributed by atoms with E-state index in [4.69, 9.17) is 0 Å². The van der Waals surface area contributed by atoms with E-state index in [0.29, 0.717) is 16.8 Å². The summed E-state index contributed by atoms with van der Waals surface area (Å²) in [5, 5.41) is 27.0. The van der Waals surface area contributed by atoms with Crippen molar-refractivity contribution >= 4 is 5.69 Å². The standard InChI is InChI=1S/C20H24N4O3/c1-11(2)14-9-15(18(26)10-17(14)25)19-21-22-20(27)24(19)13-6-7-16(23(4)5)12(3)8-13/h6-11,25-26H,1-5H3,(H,22,27). The number of phenols is 2. The molecule has 3 rings (SSSR count). The van der Waals surface area contributed by atoms with Crippen molar-refractivity contribution in [3.8, 4) is 28.6 Å². The fraction of sp³-hybridized carbons (Fsp3) is 0.300. The molecule has 0 spiro atoms. The lowest BCUT2D eigenvalue weighted by Crippen LogP contribution is -2.17. The molecule has 1 heterocycles. The summed E-state index contributed by atoms with van der Waals surface area (Å²) in [6, 6.07) is 8.63. The van der Waals surface area contributed by atoms with Gasteiger partial charge in [-0.15, -0.1) is 0 Å². The molecule has 0 atom stereocenters. The highest BCUT2D eigenvalue weighted by Crippen LogP contribution is 2.37. The summed E-state index contributed by atoms with van der Waals surface area (Å²) in [5.41, 5.74) is 3.35. The summed E-state index contributed by atoms with van der Waals surface area (Å²) in [6.45, 7) is 5.85. The van der Waals surface area contributed by atoms with Crippen molar-refractivity contribution < 1.29 is 10.2 Å². The molecule has 142 valence electrons. The average Bonchev–Trinajstić information content (AvgIpc) is 2.95. The van der Waals surface area contributed by atoms with Gasteiger partial charge < -0.3 is 15.1 Å². The van der Waals surface area contributed by atoms with Crippen molar-refractivity contribution in [1.82, 2.24) is 14.8 Å². The van der Waals surface area contributed by atoms with Crippen molar-refractivity contribution in [2.45, 2.75) is 26.7 Å². The minimum atomic E-state index is -0.402. The first kappa shape index (κ1) is 18.6. The number of rotatable bonds is 4. The van der Waals surface area contributed by atoms with Crippen LogP contribution in [0.15, 0.2) is 35.1 Å². The van der Waals surface area contributed by atoms with Gasteiger partial charge in [0.05, 0.1) is 11.3 Å². The predicted octanol–water partition coefficient (Wildman–Crippen LogP) is 3.14. The predicted molar refractivity (Wildman–Crippen MR) is 106 cm³/mol. The van der Waals surface area contributed by atoms with E-state index >= 15 is 0 Å². The fourth-order valence-corrected chi connectivity index (χ4v) is 3.23. The van der Waals surface area contributed by atoms with Crippen LogP contribution in [-0.2, 0) is 0 Å². The average molecular weight is 368 g/mol. The smallest absolute Gasteiger partial charge is 0.348 e. The van der Waals surface area contributed by atoms with Crippen LogP contribution in [0.2, 0.25) is 0 Å². The van der Waals surface area contributed by atoms with Gasteiger partial charge in [-0.1, -0.05) is 13.8 Å². The Kier molecular flexibility index (Phi) is 4.70. The third-order valence-electron chi connectivity index (χ3n) is 4.60. The van der Waals surface area contributed by atoms with E-state index in [1.165, 1.54) is 10.6 Å². The molecule has 1 aromatic heterocycles. The molecule has 3 aromatic rings. The Bertz CT molecular complexity index is 1050. The lowest BCUT2D eigenvalue weighted by atomic mass is 9.98. The number of benzene rings is 2. The molecular formula is C20H24N4O3. The maximum atomic E-state index is 12.4. The third kappa shape index (κ3) is 3.28. The van der Waals surface area contributed by atoms with Gasteiger partial charge >= 0.3 is 5.69 Å². The van der Waals surface area contributed by atoms with E-state index in [-0.39, 0.29) is 23.2 Å². The molecule has 0 aliphatic heterocycles. The molecule has 2 aromatic carbocycles. The number of aromatic nitrogens is 3. The third-order valence-corrected chi connectivity index (χ3v) is 4.60. The first-order valence-electron chi connectivity index (χ1n) is 8.72. The second kappa shape index (κ2) is 6.83. The van der Waals surface area contributed by atoms with Crippen molar-refractivity contribution in [3.63, 3.8) is 0 Å². The van der Waals surface area contributed by atoms with Crippen LogP contribution in [0.3, 0.4) is 0 Å². The highest BCUT2D eigenvalue weighted by molar-refractivity contribution is 5.69. The van der Waals surface area contributed by atoms with Gasteiger partial charge in [0.2, 0.25) is 0 Å². The molecule has 0 unspecified atom stereocenters. The van der Waals surface area contributed by atoms with E-state index in [0.717, 1.165) is 11.3 Å². The molecule has 0 saturated heterocycles. The van der Waals surface area contributed by atoms with Gasteiger partial charge in [-0.3, -0.25) is 0 Å². The number of aromatic hydroxyl groups is 2. The lowest BCUT2D eigenvalue weighted by molar-refractivity contribution is 0.444. The molecule has 27 heavy (non-hydrogen) atoms. The topological polar surface area (TPSA) is 94.4 Å². The first-order valence-corrected chi connectivity index (χ1v) is 8.72. The van der Waals surface area contributed by atoms with Gasteiger partial charge in [0.15, 0.2) is 5.82 Å². The highest BCUT2D eigenvalue weighted by atomic mass is 16.3. The molecule has 0 bridgehead atoms. The monoisotopic (exact) mass is 368 g/mol. The summed E-state index contributed by atoms with van der Waals surface area (Å²) in [6.07, 6.45) is 0. The second-order valence-corrected chi connectivity index (χ2v) is 7.14. The largest absolute Gasteiger partial charge is 0.508 e. The second-order valence-electron chi connectivity index (χ2n) is 7.14. The minimum absolute atomic E-state index is 0.0156. The molecule has 0 aliphatic carbocycles. The van der Waals surface area contributed by atoms with Crippen LogP contribution in [0.4, 0.5) is 5.69 Å². The van der Waals surface area contributed by atoms with E-state index < -0.39 is 5.69 Å². The Balaban J connectivity index is 2.21. The van der Waals surface area contributed by atoms with Gasteiger partial charge in [-0.25, -0.2) is 14.5 Å². The van der Waals surface area contributed by atoms with Crippen LogP contribution < -0.4 is 10.6 Å². The number of aryl methyl sites for hydroxylation is 1. The van der Waals surface area contributed by atoms with Crippen molar-refractivity contribution in [3.05, 3.63) is 51.9 Å². The Morgan fingerprint density at radius 1 is 1.11 bits per heavy atom. The normalized spacial score (nSPS) is 11.2. The maximum absolute atomic E-state index is 12.4. The minimum Gasteiger partial charge on any atom is -0.508 e. The number of nitrogens with one attached hydrogen (secondary N) is 1. The Morgan fingerprint density at radius 3 is 2.41 bits per heavy atom. The molecule has 7 nitrogen and oxygen atoms in total. The molecule has 0 radical (unpaired) electrons. The summed E-state index contributed by atoms with van der Waals surface area (Å²) >= 11 is 0. The van der Waals surface area contributed by atoms with Crippen molar-refractivity contribution in [2.75, 3.05) is 19.0 Å². The first-order chi connectivity index (χ1) is 12.7. The molecule has 3 N–H and O–H groups in total. The quantitative estimate of drug-likeness (QED) is 0.658. The van der Waals surface area contributed by atoms with E-state index in [2.05, 4.69) is 10.2 Å². The van der Waals surface area contributed by atoms with Crippen LogP contribution in [0.25, 0.3) is 17.1 Å². The van der Waals surface area contributed by atoms with Crippen LogP contribution in [0.5, 0.6) is 11.5 Å². The SMILES string of the molecule is Cc1cc(-n2c(-c3cc(C(C)C)c(O)cc3O)n[nH]c2=O)ccc1N(C)C. The lowest BCUT2D eigenvalue weighted by Gasteiger charge is -2.17. The van der Waals surface area contributed by atoms with E-state index in [1.807, 2.05) is 58.0 Å². The highest BCUT2D eigenvalue weighted by Gasteiger charge is 2.20. The number of phenolic OH excluding ortho intramolecular Hbond substituents is 2. The van der Waals surface area contributed by atoms with Crippen molar-refractivity contribution in [2.24, 2.45) is 0 Å². The number of hydrogen-bond acceptors (Lipinski definition) is 5. The van der Waals surface area contributed by atoms with Gasteiger partial charge in [-0.05, 0) is 48.2 Å². The molecule has 7 heteroatoms. The summed E-state index contributed by atoms with van der Waals surface area (Å²) in [7, 11) is 3.92. The van der Waals surface area contributed by atoms with Crippen LogP contribution in [0, 0.1) is 6.92 Å². The Hall–Kier alpha value is -3.22. The number of hydrogen-bond donors (Lipinski definition) is 3. The van der Waals surface area contributed by atoms with E-state index in [1.54, 1.807) is 6.07 Å². The number of aromatic amines is 1. The fourth-order valence-electron chi connectivity index (χ4n) is 3.23. The van der Waals surface area contributed by atoms with Crippen molar-refractivity contribution in [1.29, 1.82) is 0 Å². The molecule has 0 amide bonds. The maximum Gasteiger partial charge on any atom is 0.348 e. The molecule has 0 saturated carbocycles. The molecule has 0 fully saturated rings. The van der Waals surface area contributed by atoms with Gasteiger partial charge in [-0.2, -0.15) is 5.10 Å². The number of nitrogens with zero attached hydrogens (tertiary/aromatic N) is 3. The number of H-pyrrole nitrogens is 1. The van der Waals surface area contributed by atoms with Crippen LogP contribution >= 0.6 is 0 Å². The van der Waals surface area contributed by atoms with Gasteiger partial charge in [0, 0.05) is 25.8 Å².